The molecule has 0 atom stereocenters. The maximum absolute atomic E-state index is 6.91. The second kappa shape index (κ2) is 10.5. The highest BCUT2D eigenvalue weighted by atomic mass is 16.3. The van der Waals surface area contributed by atoms with Gasteiger partial charge in [-0.05, 0) is 52.7 Å². The van der Waals surface area contributed by atoms with E-state index in [1.165, 1.54) is 0 Å². The second-order valence-electron chi connectivity index (χ2n) is 12.0. The lowest BCUT2D eigenvalue weighted by atomic mass is 9.95. The summed E-state index contributed by atoms with van der Waals surface area (Å²) in [7, 11) is 0. The van der Waals surface area contributed by atoms with Crippen LogP contribution in [0, 0.1) is 0 Å². The summed E-state index contributed by atoms with van der Waals surface area (Å²) in [6, 6.07) is 51.6. The van der Waals surface area contributed by atoms with Crippen LogP contribution in [0.4, 0.5) is 0 Å². The van der Waals surface area contributed by atoms with Crippen molar-refractivity contribution in [2.24, 2.45) is 0 Å². The summed E-state index contributed by atoms with van der Waals surface area (Å²) >= 11 is 0. The van der Waals surface area contributed by atoms with Gasteiger partial charge in [-0.25, -0.2) is 15.0 Å². The molecule has 0 bridgehead atoms. The molecule has 0 unspecified atom stereocenters. The van der Waals surface area contributed by atoms with Gasteiger partial charge in [-0.3, -0.25) is 0 Å². The van der Waals surface area contributed by atoms with Gasteiger partial charge in [-0.2, -0.15) is 0 Å². The molecule has 10 aromatic rings. The monoisotopic (exact) mass is 615 g/mol. The van der Waals surface area contributed by atoms with Crippen LogP contribution in [0.2, 0.25) is 0 Å². The van der Waals surface area contributed by atoms with Crippen LogP contribution in [0.5, 0.6) is 0 Å². The Kier molecular flexibility index (Phi) is 5.81. The summed E-state index contributed by atoms with van der Waals surface area (Å²) < 4.78 is 13.0. The van der Waals surface area contributed by atoms with E-state index in [9.17, 15) is 0 Å². The minimum Gasteiger partial charge on any atom is -0.456 e. The molecule has 10 rings (SSSR count). The molecule has 3 aromatic heterocycles. The first-order valence-corrected chi connectivity index (χ1v) is 15.9. The Balaban J connectivity index is 1.24. The van der Waals surface area contributed by atoms with Crippen molar-refractivity contribution in [3.05, 3.63) is 152 Å². The molecule has 0 aliphatic carbocycles. The van der Waals surface area contributed by atoms with E-state index in [1.807, 2.05) is 72.8 Å². The molecule has 5 nitrogen and oxygen atoms in total. The summed E-state index contributed by atoms with van der Waals surface area (Å²) in [5, 5.41) is 6.45. The second-order valence-corrected chi connectivity index (χ2v) is 12.0. The zero-order chi connectivity index (χ0) is 31.6. The predicted molar refractivity (Wildman–Crippen MR) is 194 cm³/mol. The molecular formula is C43H25N3O2. The predicted octanol–water partition coefficient (Wildman–Crippen LogP) is 11.5. The van der Waals surface area contributed by atoms with Gasteiger partial charge in [0.1, 0.15) is 22.3 Å². The zero-order valence-electron chi connectivity index (χ0n) is 25.6. The lowest BCUT2D eigenvalue weighted by molar-refractivity contribution is 0.669. The lowest BCUT2D eigenvalue weighted by Gasteiger charge is -2.09. The molecule has 48 heavy (non-hydrogen) atoms. The smallest absolute Gasteiger partial charge is 0.167 e. The first kappa shape index (κ1) is 26.6. The van der Waals surface area contributed by atoms with E-state index in [0.29, 0.717) is 17.5 Å². The molecule has 0 radical (unpaired) electrons. The van der Waals surface area contributed by atoms with Crippen molar-refractivity contribution >= 4 is 54.6 Å². The fourth-order valence-corrected chi connectivity index (χ4v) is 6.87. The van der Waals surface area contributed by atoms with Crippen molar-refractivity contribution in [3.8, 4) is 45.3 Å². The van der Waals surface area contributed by atoms with Crippen LogP contribution in [0.3, 0.4) is 0 Å². The Morgan fingerprint density at radius 1 is 0.354 bits per heavy atom. The third-order valence-electron chi connectivity index (χ3n) is 9.12. The maximum Gasteiger partial charge on any atom is 0.167 e. The van der Waals surface area contributed by atoms with Crippen molar-refractivity contribution in [1.82, 2.24) is 15.0 Å². The molecule has 0 saturated carbocycles. The normalized spacial score (nSPS) is 11.8. The van der Waals surface area contributed by atoms with Crippen LogP contribution in [0.1, 0.15) is 0 Å². The fraction of sp³-hybridized carbons (Fsp3) is 0. The van der Waals surface area contributed by atoms with E-state index < -0.39 is 0 Å². The molecule has 0 N–H and O–H groups in total. The van der Waals surface area contributed by atoms with Gasteiger partial charge in [0.2, 0.25) is 0 Å². The van der Waals surface area contributed by atoms with Crippen molar-refractivity contribution in [2.75, 3.05) is 0 Å². The van der Waals surface area contributed by atoms with Crippen LogP contribution < -0.4 is 0 Å². The number of aromatic nitrogens is 3. The van der Waals surface area contributed by atoms with Gasteiger partial charge in [0.05, 0.1) is 5.56 Å². The molecule has 224 valence electrons. The Labute approximate surface area is 274 Å². The van der Waals surface area contributed by atoms with Crippen LogP contribution in [0.15, 0.2) is 160 Å². The molecule has 0 saturated heterocycles. The number of rotatable bonds is 4. The summed E-state index contributed by atoms with van der Waals surface area (Å²) in [6.45, 7) is 0. The van der Waals surface area contributed by atoms with Crippen molar-refractivity contribution < 1.29 is 8.83 Å². The van der Waals surface area contributed by atoms with Gasteiger partial charge in [-0.1, -0.05) is 115 Å². The average Bonchev–Trinajstić information content (AvgIpc) is 3.72. The van der Waals surface area contributed by atoms with E-state index in [0.717, 1.165) is 82.5 Å². The van der Waals surface area contributed by atoms with Crippen LogP contribution in [-0.4, -0.2) is 15.0 Å². The third-order valence-corrected chi connectivity index (χ3v) is 9.12. The minimum atomic E-state index is 0.548. The van der Waals surface area contributed by atoms with Gasteiger partial charge in [0.15, 0.2) is 17.5 Å². The lowest BCUT2D eigenvalue weighted by Crippen LogP contribution is -2.00. The van der Waals surface area contributed by atoms with Crippen molar-refractivity contribution in [3.63, 3.8) is 0 Å². The Morgan fingerprint density at radius 2 is 1.00 bits per heavy atom. The number of para-hydroxylation sites is 2. The van der Waals surface area contributed by atoms with E-state index in [4.69, 9.17) is 23.8 Å². The molecule has 0 aliphatic heterocycles. The summed E-state index contributed by atoms with van der Waals surface area (Å²) in [5.41, 5.74) is 8.04. The van der Waals surface area contributed by atoms with Crippen molar-refractivity contribution in [1.29, 1.82) is 0 Å². The summed E-state index contributed by atoms with van der Waals surface area (Å²) in [4.78, 5) is 15.2. The summed E-state index contributed by atoms with van der Waals surface area (Å²) in [6.07, 6.45) is 0. The highest BCUT2D eigenvalue weighted by Gasteiger charge is 2.21. The molecular weight excluding hydrogens is 590 g/mol. The summed E-state index contributed by atoms with van der Waals surface area (Å²) in [5.74, 6) is 1.72. The van der Waals surface area contributed by atoms with Gasteiger partial charge in [0.25, 0.3) is 0 Å². The zero-order valence-corrected chi connectivity index (χ0v) is 25.6. The quantitative estimate of drug-likeness (QED) is 0.197. The fourth-order valence-electron chi connectivity index (χ4n) is 6.87. The molecule has 7 aromatic carbocycles. The Morgan fingerprint density at radius 3 is 1.83 bits per heavy atom. The van der Waals surface area contributed by atoms with Crippen LogP contribution in [-0.2, 0) is 0 Å². The number of nitrogens with zero attached hydrogens (tertiary/aromatic N) is 3. The number of hydrogen-bond donors (Lipinski definition) is 0. The Bertz CT molecular complexity index is 2840. The minimum absolute atomic E-state index is 0.548. The Hall–Kier alpha value is -6.59. The molecule has 0 fully saturated rings. The maximum atomic E-state index is 6.91. The molecule has 0 amide bonds. The average molecular weight is 616 g/mol. The van der Waals surface area contributed by atoms with E-state index in [-0.39, 0.29) is 0 Å². The highest BCUT2D eigenvalue weighted by Crippen LogP contribution is 2.43. The molecule has 0 aliphatic rings. The standard InChI is InChI=1S/C43H25N3O2/c1-3-12-26(13-4-1)38-30-17-8-7-16-28(30)24-35-32-19-11-20-33(39(32)48-40(35)38)43-45-41(27-14-5-2-6-15-27)44-42(46-43)29-22-23-37-34(25-29)31-18-9-10-21-36(31)47-37/h1-25H. The number of benzene rings is 7. The third kappa shape index (κ3) is 4.15. The van der Waals surface area contributed by atoms with Crippen LogP contribution >= 0.6 is 0 Å². The largest absolute Gasteiger partial charge is 0.456 e. The van der Waals surface area contributed by atoms with Gasteiger partial charge < -0.3 is 8.83 Å². The first-order valence-electron chi connectivity index (χ1n) is 15.9. The topological polar surface area (TPSA) is 65.0 Å². The van der Waals surface area contributed by atoms with Gasteiger partial charge >= 0.3 is 0 Å². The SMILES string of the molecule is c1ccc(-c2nc(-c3ccc4oc5ccccc5c4c3)nc(-c3cccc4c3oc3c(-c5ccccc5)c5ccccc5cc34)n2)cc1. The van der Waals surface area contributed by atoms with Gasteiger partial charge in [-0.15, -0.1) is 0 Å². The van der Waals surface area contributed by atoms with E-state index in [2.05, 4.69) is 78.9 Å². The number of furan rings is 2. The van der Waals surface area contributed by atoms with Gasteiger partial charge in [0, 0.05) is 38.2 Å². The van der Waals surface area contributed by atoms with Crippen molar-refractivity contribution in [2.45, 2.75) is 0 Å². The number of fused-ring (bicyclic) bond motifs is 7. The number of hydrogen-bond acceptors (Lipinski definition) is 5. The van der Waals surface area contributed by atoms with E-state index >= 15 is 0 Å². The molecule has 0 spiro atoms. The van der Waals surface area contributed by atoms with Crippen LogP contribution in [0.25, 0.3) is 99.9 Å². The molecule has 5 heteroatoms. The highest BCUT2D eigenvalue weighted by molar-refractivity contribution is 6.19. The van der Waals surface area contributed by atoms with E-state index in [1.54, 1.807) is 0 Å². The first-order chi connectivity index (χ1) is 23.8. The molecule has 3 heterocycles.